The Morgan fingerprint density at radius 3 is 2.85 bits per heavy atom. The van der Waals surface area contributed by atoms with Gasteiger partial charge in [-0.1, -0.05) is 18.0 Å². The third-order valence-electron chi connectivity index (χ3n) is 4.70. The SMILES string of the molecule is CN(CC1CC2CCC1C2)c1ncnc(Cl)c1[N+](=O)[O-]. The van der Waals surface area contributed by atoms with E-state index in [1.165, 1.54) is 32.0 Å². The minimum atomic E-state index is -0.505. The lowest BCUT2D eigenvalue weighted by molar-refractivity contribution is -0.384. The average molecular weight is 297 g/mol. The van der Waals surface area contributed by atoms with Gasteiger partial charge in [-0.15, -0.1) is 0 Å². The van der Waals surface area contributed by atoms with Crippen LogP contribution in [-0.2, 0) is 0 Å². The zero-order valence-corrected chi connectivity index (χ0v) is 12.1. The first-order valence-corrected chi connectivity index (χ1v) is 7.30. The monoisotopic (exact) mass is 296 g/mol. The highest BCUT2D eigenvalue weighted by atomic mass is 35.5. The molecule has 0 N–H and O–H groups in total. The first-order chi connectivity index (χ1) is 9.56. The zero-order chi connectivity index (χ0) is 14.3. The van der Waals surface area contributed by atoms with E-state index in [-0.39, 0.29) is 10.8 Å². The van der Waals surface area contributed by atoms with E-state index in [4.69, 9.17) is 11.6 Å². The van der Waals surface area contributed by atoms with Crippen LogP contribution >= 0.6 is 11.6 Å². The molecule has 1 aromatic rings. The van der Waals surface area contributed by atoms with E-state index in [1.807, 2.05) is 11.9 Å². The Kier molecular flexibility index (Phi) is 3.50. The van der Waals surface area contributed by atoms with Crippen molar-refractivity contribution in [1.29, 1.82) is 0 Å². The summed E-state index contributed by atoms with van der Waals surface area (Å²) in [5.74, 6) is 2.58. The maximum Gasteiger partial charge on any atom is 0.348 e. The van der Waals surface area contributed by atoms with Gasteiger partial charge in [-0.25, -0.2) is 9.97 Å². The van der Waals surface area contributed by atoms with Gasteiger partial charge in [-0.3, -0.25) is 10.1 Å². The molecule has 0 radical (unpaired) electrons. The number of hydrogen-bond donors (Lipinski definition) is 0. The topological polar surface area (TPSA) is 72.2 Å². The third-order valence-corrected chi connectivity index (χ3v) is 4.97. The molecule has 6 nitrogen and oxygen atoms in total. The number of nitrogens with zero attached hydrogens (tertiary/aromatic N) is 4. The zero-order valence-electron chi connectivity index (χ0n) is 11.3. The van der Waals surface area contributed by atoms with Gasteiger partial charge < -0.3 is 4.90 Å². The summed E-state index contributed by atoms with van der Waals surface area (Å²) in [4.78, 5) is 20.2. The van der Waals surface area contributed by atoms with Gasteiger partial charge in [-0.05, 0) is 37.0 Å². The van der Waals surface area contributed by atoms with Crippen LogP contribution in [0.3, 0.4) is 0 Å². The highest BCUT2D eigenvalue weighted by molar-refractivity contribution is 6.31. The van der Waals surface area contributed by atoms with Crippen molar-refractivity contribution in [3.8, 4) is 0 Å². The largest absolute Gasteiger partial charge is 0.354 e. The summed E-state index contributed by atoms with van der Waals surface area (Å²) in [7, 11) is 1.84. The van der Waals surface area contributed by atoms with Gasteiger partial charge in [0.2, 0.25) is 11.0 Å². The molecule has 108 valence electrons. The van der Waals surface area contributed by atoms with Crippen molar-refractivity contribution in [2.75, 3.05) is 18.5 Å². The lowest BCUT2D eigenvalue weighted by Gasteiger charge is -2.27. The fourth-order valence-electron chi connectivity index (χ4n) is 3.82. The summed E-state index contributed by atoms with van der Waals surface area (Å²) >= 11 is 5.83. The number of rotatable bonds is 4. The fourth-order valence-corrected chi connectivity index (χ4v) is 4.02. The molecule has 2 bridgehead atoms. The van der Waals surface area contributed by atoms with Crippen LogP contribution < -0.4 is 4.90 Å². The molecule has 2 saturated carbocycles. The second-order valence-electron chi connectivity index (χ2n) is 5.91. The molecule has 2 fully saturated rings. The molecule has 3 rings (SSSR count). The second kappa shape index (κ2) is 5.16. The normalized spacial score (nSPS) is 27.8. The second-order valence-corrected chi connectivity index (χ2v) is 6.27. The molecule has 0 aliphatic heterocycles. The van der Waals surface area contributed by atoms with Gasteiger partial charge in [0.15, 0.2) is 0 Å². The number of anilines is 1. The summed E-state index contributed by atoms with van der Waals surface area (Å²) in [5, 5.41) is 11.0. The lowest BCUT2D eigenvalue weighted by atomic mass is 9.88. The van der Waals surface area contributed by atoms with E-state index in [2.05, 4.69) is 9.97 Å². The van der Waals surface area contributed by atoms with Crippen LogP contribution in [0.15, 0.2) is 6.33 Å². The average Bonchev–Trinajstić information content (AvgIpc) is 3.00. The fraction of sp³-hybridized carbons (Fsp3) is 0.692. The molecule has 0 amide bonds. The molecule has 20 heavy (non-hydrogen) atoms. The molecule has 0 aromatic carbocycles. The third kappa shape index (κ3) is 2.32. The van der Waals surface area contributed by atoms with Crippen LogP contribution in [0.1, 0.15) is 25.7 Å². The standard InChI is InChI=1S/C13H17ClN4O2/c1-17(6-10-5-8-2-3-9(10)4-8)13-11(18(19)20)12(14)15-7-16-13/h7-10H,2-6H2,1H3. The minimum absolute atomic E-state index is 0.0974. The molecule has 7 heteroatoms. The van der Waals surface area contributed by atoms with Crippen LogP contribution in [0.2, 0.25) is 5.15 Å². The summed E-state index contributed by atoms with van der Waals surface area (Å²) in [5.41, 5.74) is -0.195. The van der Waals surface area contributed by atoms with E-state index >= 15 is 0 Å². The Morgan fingerprint density at radius 2 is 2.25 bits per heavy atom. The van der Waals surface area contributed by atoms with E-state index in [0.717, 1.165) is 18.4 Å². The summed E-state index contributed by atoms with van der Waals surface area (Å²) in [6.07, 6.45) is 6.49. The smallest absolute Gasteiger partial charge is 0.348 e. The van der Waals surface area contributed by atoms with Gasteiger partial charge in [0.25, 0.3) is 0 Å². The van der Waals surface area contributed by atoms with Gasteiger partial charge in [0.1, 0.15) is 6.33 Å². The molecule has 1 aromatic heterocycles. The number of nitro groups is 1. The molecule has 0 saturated heterocycles. The first-order valence-electron chi connectivity index (χ1n) is 6.92. The highest BCUT2D eigenvalue weighted by Crippen LogP contribution is 2.48. The molecule has 2 aliphatic rings. The van der Waals surface area contributed by atoms with Gasteiger partial charge >= 0.3 is 5.69 Å². The predicted molar refractivity (Wildman–Crippen MR) is 75.9 cm³/mol. The maximum atomic E-state index is 11.1. The molecule has 2 aliphatic carbocycles. The molecular formula is C13H17ClN4O2. The van der Waals surface area contributed by atoms with Crippen LogP contribution in [0.25, 0.3) is 0 Å². The highest BCUT2D eigenvalue weighted by Gasteiger charge is 2.40. The lowest BCUT2D eigenvalue weighted by Crippen LogP contribution is -2.29. The quantitative estimate of drug-likeness (QED) is 0.485. The van der Waals surface area contributed by atoms with Crippen LogP contribution in [0, 0.1) is 27.9 Å². The van der Waals surface area contributed by atoms with Crippen molar-refractivity contribution in [1.82, 2.24) is 9.97 Å². The number of fused-ring (bicyclic) bond motifs is 2. The van der Waals surface area contributed by atoms with Crippen molar-refractivity contribution < 1.29 is 4.92 Å². The van der Waals surface area contributed by atoms with Crippen molar-refractivity contribution in [3.63, 3.8) is 0 Å². The van der Waals surface area contributed by atoms with Crippen LogP contribution in [0.5, 0.6) is 0 Å². The number of hydrogen-bond acceptors (Lipinski definition) is 5. The molecule has 1 heterocycles. The number of aromatic nitrogens is 2. The van der Waals surface area contributed by atoms with Gasteiger partial charge in [0.05, 0.1) is 4.92 Å². The minimum Gasteiger partial charge on any atom is -0.354 e. The van der Waals surface area contributed by atoms with Crippen molar-refractivity contribution in [3.05, 3.63) is 21.6 Å². The Bertz CT molecular complexity index is 539. The molecular weight excluding hydrogens is 280 g/mol. The molecule has 3 atom stereocenters. The summed E-state index contributed by atoms with van der Waals surface area (Å²) < 4.78 is 0. The van der Waals surface area contributed by atoms with Crippen LogP contribution in [0.4, 0.5) is 11.5 Å². The van der Waals surface area contributed by atoms with E-state index in [9.17, 15) is 10.1 Å². The van der Waals surface area contributed by atoms with Crippen molar-refractivity contribution in [2.24, 2.45) is 17.8 Å². The van der Waals surface area contributed by atoms with Crippen molar-refractivity contribution in [2.45, 2.75) is 25.7 Å². The molecule has 3 unspecified atom stereocenters. The van der Waals surface area contributed by atoms with Crippen molar-refractivity contribution >= 4 is 23.1 Å². The van der Waals surface area contributed by atoms with E-state index in [1.54, 1.807) is 0 Å². The van der Waals surface area contributed by atoms with Crippen LogP contribution in [-0.4, -0.2) is 28.5 Å². The Morgan fingerprint density at radius 1 is 1.45 bits per heavy atom. The predicted octanol–water partition coefficient (Wildman–Crippen LogP) is 2.91. The summed E-state index contributed by atoms with van der Waals surface area (Å²) in [6.45, 7) is 0.801. The van der Waals surface area contributed by atoms with E-state index in [0.29, 0.717) is 11.7 Å². The Balaban J connectivity index is 1.79. The number of halogens is 1. The first kappa shape index (κ1) is 13.5. The van der Waals surface area contributed by atoms with E-state index < -0.39 is 4.92 Å². The Hall–Kier alpha value is -1.43. The maximum absolute atomic E-state index is 11.1. The molecule has 0 spiro atoms. The summed E-state index contributed by atoms with van der Waals surface area (Å²) in [6, 6.07) is 0. The Labute approximate surface area is 122 Å². The van der Waals surface area contributed by atoms with Gasteiger partial charge in [0, 0.05) is 13.6 Å². The van der Waals surface area contributed by atoms with Gasteiger partial charge in [-0.2, -0.15) is 0 Å².